The molecule has 0 aliphatic heterocycles. The largest absolute Gasteiger partial charge is 0.368 e. The molecule has 2 aromatic heterocycles. The van der Waals surface area contributed by atoms with Gasteiger partial charge in [0.15, 0.2) is 6.23 Å². The van der Waals surface area contributed by atoms with Crippen LogP contribution in [0.3, 0.4) is 0 Å². The summed E-state index contributed by atoms with van der Waals surface area (Å²) in [6, 6.07) is 7.30. The molecule has 0 saturated carbocycles. The first-order chi connectivity index (χ1) is 11.9. The van der Waals surface area contributed by atoms with Gasteiger partial charge in [-0.3, -0.25) is 4.99 Å². The number of benzene rings is 1. The minimum atomic E-state index is -1.12. The number of aliphatic imine (C=N–C) groups is 1. The van der Waals surface area contributed by atoms with Crippen LogP contribution in [-0.4, -0.2) is 35.2 Å². The van der Waals surface area contributed by atoms with E-state index in [9.17, 15) is 9.90 Å². The lowest BCUT2D eigenvalue weighted by atomic mass is 10.0. The van der Waals surface area contributed by atoms with Crippen LogP contribution in [0, 0.1) is 6.92 Å². The summed E-state index contributed by atoms with van der Waals surface area (Å²) in [4.78, 5) is 16.6. The first kappa shape index (κ1) is 16.8. The molecular formula is C17H20N6O2. The third-order valence-corrected chi connectivity index (χ3v) is 4.07. The molecular weight excluding hydrogens is 320 g/mol. The summed E-state index contributed by atoms with van der Waals surface area (Å²) >= 11 is 0. The van der Waals surface area contributed by atoms with Crippen molar-refractivity contribution < 1.29 is 5.11 Å². The van der Waals surface area contributed by atoms with Crippen molar-refractivity contribution in [3.05, 3.63) is 63.8 Å². The standard InChI is InChI=1S/C17H20N6O2/c1-11-6-5-7-14(23-17(25)22(4)19-20-23)15(11)16(24)18-12(2)13-8-9-21(3)10-13/h5-10,16,24H,1-4H3. The Morgan fingerprint density at radius 2 is 2.00 bits per heavy atom. The number of rotatable bonds is 4. The van der Waals surface area contributed by atoms with Crippen LogP contribution in [0.15, 0.2) is 46.4 Å². The highest BCUT2D eigenvalue weighted by Crippen LogP contribution is 2.26. The zero-order valence-corrected chi connectivity index (χ0v) is 14.6. The van der Waals surface area contributed by atoms with Gasteiger partial charge >= 0.3 is 5.69 Å². The van der Waals surface area contributed by atoms with Crippen LogP contribution >= 0.6 is 0 Å². The van der Waals surface area contributed by atoms with Gasteiger partial charge in [0, 0.05) is 43.3 Å². The molecule has 0 saturated heterocycles. The first-order valence-electron chi connectivity index (χ1n) is 7.82. The lowest BCUT2D eigenvalue weighted by Gasteiger charge is -2.15. The van der Waals surface area contributed by atoms with Crippen LogP contribution in [0.1, 0.15) is 29.8 Å². The number of hydrogen-bond donors (Lipinski definition) is 1. The third kappa shape index (κ3) is 3.16. The maximum absolute atomic E-state index is 12.2. The zero-order valence-electron chi connectivity index (χ0n) is 14.6. The van der Waals surface area contributed by atoms with E-state index in [0.29, 0.717) is 17.0 Å². The smallest absolute Gasteiger partial charge is 0.368 e. The van der Waals surface area contributed by atoms with Crippen molar-refractivity contribution in [3.63, 3.8) is 0 Å². The van der Waals surface area contributed by atoms with Crippen molar-refractivity contribution in [3.8, 4) is 5.69 Å². The second-order valence-electron chi connectivity index (χ2n) is 5.96. The fourth-order valence-electron chi connectivity index (χ4n) is 2.69. The predicted molar refractivity (Wildman–Crippen MR) is 93.9 cm³/mol. The van der Waals surface area contributed by atoms with Crippen molar-refractivity contribution in [1.82, 2.24) is 24.4 Å². The molecule has 2 heterocycles. The Balaban J connectivity index is 2.07. The number of nitrogens with zero attached hydrogens (tertiary/aromatic N) is 6. The number of aryl methyl sites for hydroxylation is 3. The van der Waals surface area contributed by atoms with Gasteiger partial charge in [0.1, 0.15) is 0 Å². The number of aromatic nitrogens is 5. The van der Waals surface area contributed by atoms with Crippen molar-refractivity contribution in [2.24, 2.45) is 19.1 Å². The number of tetrazole rings is 1. The average Bonchev–Trinajstić information content (AvgIpc) is 3.14. The molecule has 0 aliphatic carbocycles. The summed E-state index contributed by atoms with van der Waals surface area (Å²) in [5.74, 6) is 0. The van der Waals surface area contributed by atoms with E-state index < -0.39 is 6.23 Å². The van der Waals surface area contributed by atoms with Gasteiger partial charge in [-0.15, -0.1) is 0 Å². The fraction of sp³-hybridized carbons (Fsp3) is 0.294. The Labute approximate surface area is 144 Å². The molecule has 1 aromatic carbocycles. The number of aliphatic hydroxyl groups excluding tert-OH is 1. The molecule has 25 heavy (non-hydrogen) atoms. The van der Waals surface area contributed by atoms with Crippen LogP contribution in [0.5, 0.6) is 0 Å². The second kappa shape index (κ2) is 6.48. The van der Waals surface area contributed by atoms with Crippen LogP contribution in [-0.2, 0) is 14.1 Å². The van der Waals surface area contributed by atoms with Gasteiger partial charge in [-0.2, -0.15) is 9.36 Å². The number of hydrogen-bond acceptors (Lipinski definition) is 5. The van der Waals surface area contributed by atoms with Gasteiger partial charge in [-0.1, -0.05) is 12.1 Å². The van der Waals surface area contributed by atoms with Gasteiger partial charge in [-0.25, -0.2) is 4.79 Å². The molecule has 0 amide bonds. The van der Waals surface area contributed by atoms with Crippen LogP contribution in [0.2, 0.25) is 0 Å². The maximum Gasteiger partial charge on any atom is 0.368 e. The van der Waals surface area contributed by atoms with E-state index in [4.69, 9.17) is 0 Å². The van der Waals surface area contributed by atoms with E-state index in [2.05, 4.69) is 15.4 Å². The van der Waals surface area contributed by atoms with E-state index >= 15 is 0 Å². The molecule has 3 aromatic rings. The minimum Gasteiger partial charge on any atom is -0.368 e. The molecule has 3 rings (SSSR count). The average molecular weight is 340 g/mol. The summed E-state index contributed by atoms with van der Waals surface area (Å²) < 4.78 is 4.22. The SMILES string of the molecule is CC(=NC(O)c1c(C)cccc1-n1nnn(C)c1=O)c1ccn(C)c1. The molecule has 8 nitrogen and oxygen atoms in total. The Morgan fingerprint density at radius 3 is 2.60 bits per heavy atom. The molecule has 8 heteroatoms. The van der Waals surface area contributed by atoms with Crippen molar-refractivity contribution in [2.45, 2.75) is 20.1 Å². The Morgan fingerprint density at radius 1 is 1.24 bits per heavy atom. The van der Waals surface area contributed by atoms with Crippen LogP contribution < -0.4 is 5.69 Å². The van der Waals surface area contributed by atoms with Gasteiger partial charge in [0.2, 0.25) is 0 Å². The van der Waals surface area contributed by atoms with Crippen molar-refractivity contribution >= 4 is 5.71 Å². The van der Waals surface area contributed by atoms with Gasteiger partial charge in [0.25, 0.3) is 0 Å². The van der Waals surface area contributed by atoms with E-state index in [-0.39, 0.29) is 5.69 Å². The van der Waals surface area contributed by atoms with E-state index in [1.807, 2.05) is 50.0 Å². The highest BCUT2D eigenvalue weighted by atomic mass is 16.3. The molecule has 1 atom stereocenters. The maximum atomic E-state index is 12.2. The monoisotopic (exact) mass is 340 g/mol. The van der Waals surface area contributed by atoms with Gasteiger partial charge < -0.3 is 9.67 Å². The fourth-order valence-corrected chi connectivity index (χ4v) is 2.69. The second-order valence-corrected chi connectivity index (χ2v) is 5.96. The third-order valence-electron chi connectivity index (χ3n) is 4.07. The molecule has 0 aliphatic rings. The van der Waals surface area contributed by atoms with Crippen molar-refractivity contribution in [2.75, 3.05) is 0 Å². The van der Waals surface area contributed by atoms with E-state index in [1.165, 1.54) is 11.7 Å². The molecule has 0 fully saturated rings. The number of aliphatic hydroxyl groups is 1. The van der Waals surface area contributed by atoms with Crippen LogP contribution in [0.25, 0.3) is 5.69 Å². The molecule has 130 valence electrons. The molecule has 0 spiro atoms. The Hall–Kier alpha value is -3.00. The highest BCUT2D eigenvalue weighted by molar-refractivity contribution is 5.98. The van der Waals surface area contributed by atoms with Gasteiger partial charge in [0.05, 0.1) is 5.69 Å². The molecule has 0 radical (unpaired) electrons. The summed E-state index contributed by atoms with van der Waals surface area (Å²) in [7, 11) is 3.45. The quantitative estimate of drug-likeness (QED) is 0.721. The summed E-state index contributed by atoms with van der Waals surface area (Å²) in [5, 5.41) is 18.3. The van der Waals surface area contributed by atoms with E-state index in [1.54, 1.807) is 12.1 Å². The molecule has 1 unspecified atom stereocenters. The summed E-state index contributed by atoms with van der Waals surface area (Å²) in [5.41, 5.74) is 3.05. The predicted octanol–water partition coefficient (Wildman–Crippen LogP) is 1.11. The van der Waals surface area contributed by atoms with Crippen molar-refractivity contribution in [1.29, 1.82) is 0 Å². The minimum absolute atomic E-state index is 0.386. The molecule has 1 N–H and O–H groups in total. The normalized spacial score (nSPS) is 13.2. The van der Waals surface area contributed by atoms with E-state index in [0.717, 1.165) is 15.8 Å². The van der Waals surface area contributed by atoms with Gasteiger partial charge in [-0.05, 0) is 42.0 Å². The lowest BCUT2D eigenvalue weighted by Crippen LogP contribution is -2.23. The zero-order chi connectivity index (χ0) is 18.1. The first-order valence-corrected chi connectivity index (χ1v) is 7.82. The highest BCUT2D eigenvalue weighted by Gasteiger charge is 2.19. The topological polar surface area (TPSA) is 90.2 Å². The Kier molecular flexibility index (Phi) is 4.37. The lowest BCUT2D eigenvalue weighted by molar-refractivity contribution is 0.187. The Bertz CT molecular complexity index is 995. The molecule has 0 bridgehead atoms. The van der Waals surface area contributed by atoms with Crippen LogP contribution in [0.4, 0.5) is 0 Å². The summed E-state index contributed by atoms with van der Waals surface area (Å²) in [6.45, 7) is 3.70. The summed E-state index contributed by atoms with van der Waals surface area (Å²) in [6.07, 6.45) is 2.72.